The Balaban J connectivity index is 1.45. The molecule has 2 amide bonds. The number of methoxy groups -OCH3 is 1. The van der Waals surface area contributed by atoms with Gasteiger partial charge in [-0.1, -0.05) is 23.3 Å². The molecule has 3 heterocycles. The third-order valence-corrected chi connectivity index (χ3v) is 5.34. The molecule has 7 nitrogen and oxygen atoms in total. The van der Waals surface area contributed by atoms with Gasteiger partial charge in [0.2, 0.25) is 5.13 Å². The van der Waals surface area contributed by atoms with Gasteiger partial charge in [-0.25, -0.2) is 4.79 Å². The van der Waals surface area contributed by atoms with Crippen molar-refractivity contribution in [3.63, 3.8) is 0 Å². The fourth-order valence-electron chi connectivity index (χ4n) is 3.47. The minimum Gasteiger partial charge on any atom is -0.472 e. The first-order valence-corrected chi connectivity index (χ1v) is 8.84. The maximum atomic E-state index is 12.6. The highest BCUT2D eigenvalue weighted by Crippen LogP contribution is 2.33. The number of para-hydroxylation sites is 1. The van der Waals surface area contributed by atoms with E-state index < -0.39 is 0 Å². The predicted molar refractivity (Wildman–Crippen MR) is 92.9 cm³/mol. The van der Waals surface area contributed by atoms with Crippen LogP contribution in [0.3, 0.4) is 0 Å². The molecule has 0 aliphatic carbocycles. The van der Waals surface area contributed by atoms with Gasteiger partial charge in [-0.15, -0.1) is 5.10 Å². The predicted octanol–water partition coefficient (Wildman–Crippen LogP) is 2.22. The van der Waals surface area contributed by atoms with Gasteiger partial charge in [-0.05, 0) is 35.8 Å². The number of hydrogen-bond acceptors (Lipinski definition) is 6. The lowest BCUT2D eigenvalue weighted by Crippen LogP contribution is -2.43. The summed E-state index contributed by atoms with van der Waals surface area (Å²) in [6.07, 6.45) is 1.95. The van der Waals surface area contributed by atoms with E-state index >= 15 is 0 Å². The number of benzene rings is 1. The van der Waals surface area contributed by atoms with E-state index in [-0.39, 0.29) is 6.03 Å². The molecule has 126 valence electrons. The first kappa shape index (κ1) is 15.2. The summed E-state index contributed by atoms with van der Waals surface area (Å²) in [5.41, 5.74) is 2.69. The maximum Gasteiger partial charge on any atom is 0.323 e. The number of fused-ring (bicyclic) bond motifs is 3. The molecule has 1 saturated heterocycles. The Hall–Kier alpha value is -2.35. The highest BCUT2D eigenvalue weighted by atomic mass is 32.1. The number of hydrogen-bond donors (Lipinski definition) is 1. The number of nitrogens with zero attached hydrogens (tertiary/aromatic N) is 4. The first-order valence-electron chi connectivity index (χ1n) is 8.02. The second-order valence-corrected chi connectivity index (χ2v) is 6.93. The SMILES string of the molecule is COc1nnc(NC(=O)N2CCCN3c4ccccc4CC3C2)s1. The Morgan fingerprint density at radius 1 is 1.33 bits per heavy atom. The summed E-state index contributed by atoms with van der Waals surface area (Å²) in [5, 5.41) is 11.5. The van der Waals surface area contributed by atoms with Crippen LogP contribution in [0.15, 0.2) is 24.3 Å². The molecule has 1 atom stereocenters. The monoisotopic (exact) mass is 345 g/mol. The fourth-order valence-corrected chi connectivity index (χ4v) is 4.02. The van der Waals surface area contributed by atoms with Crippen LogP contribution in [-0.4, -0.2) is 53.9 Å². The highest BCUT2D eigenvalue weighted by Gasteiger charge is 2.33. The molecule has 8 heteroatoms. The molecule has 0 spiro atoms. The van der Waals surface area contributed by atoms with Crippen molar-refractivity contribution >= 4 is 28.2 Å². The molecule has 24 heavy (non-hydrogen) atoms. The molecule has 0 saturated carbocycles. The number of rotatable bonds is 2. The largest absolute Gasteiger partial charge is 0.472 e. The van der Waals surface area contributed by atoms with Gasteiger partial charge < -0.3 is 14.5 Å². The second-order valence-electron chi connectivity index (χ2n) is 5.99. The van der Waals surface area contributed by atoms with E-state index in [0.29, 0.717) is 16.4 Å². The molecule has 0 radical (unpaired) electrons. The molecule has 1 aromatic heterocycles. The van der Waals surface area contributed by atoms with Crippen molar-refractivity contribution in [3.8, 4) is 5.19 Å². The number of carbonyl (C=O) groups is 1. The van der Waals surface area contributed by atoms with Crippen molar-refractivity contribution in [2.75, 3.05) is 37.0 Å². The van der Waals surface area contributed by atoms with Gasteiger partial charge in [0, 0.05) is 25.3 Å². The van der Waals surface area contributed by atoms with E-state index in [9.17, 15) is 4.79 Å². The van der Waals surface area contributed by atoms with E-state index in [2.05, 4.69) is 44.7 Å². The van der Waals surface area contributed by atoms with Gasteiger partial charge in [0.15, 0.2) is 0 Å². The van der Waals surface area contributed by atoms with Crippen molar-refractivity contribution in [1.29, 1.82) is 0 Å². The minimum absolute atomic E-state index is 0.119. The van der Waals surface area contributed by atoms with Gasteiger partial charge in [-0.3, -0.25) is 5.32 Å². The van der Waals surface area contributed by atoms with Crippen LogP contribution < -0.4 is 15.0 Å². The first-order chi connectivity index (χ1) is 11.7. The molecular formula is C16H19N5O2S. The number of anilines is 2. The summed E-state index contributed by atoms with van der Waals surface area (Å²) in [7, 11) is 1.53. The molecule has 1 N–H and O–H groups in total. The normalized spacial score (nSPS) is 19.5. The summed E-state index contributed by atoms with van der Waals surface area (Å²) in [4.78, 5) is 16.9. The lowest BCUT2D eigenvalue weighted by Gasteiger charge is -2.27. The second kappa shape index (κ2) is 6.27. The van der Waals surface area contributed by atoms with Gasteiger partial charge in [-0.2, -0.15) is 0 Å². The van der Waals surface area contributed by atoms with Crippen molar-refractivity contribution in [2.24, 2.45) is 0 Å². The third-order valence-electron chi connectivity index (χ3n) is 4.54. The van der Waals surface area contributed by atoms with Crippen LogP contribution in [0.5, 0.6) is 5.19 Å². The van der Waals surface area contributed by atoms with Crippen LogP contribution in [0.1, 0.15) is 12.0 Å². The molecule has 1 unspecified atom stereocenters. The molecule has 1 aromatic carbocycles. The Kier molecular flexibility index (Phi) is 3.97. The lowest BCUT2D eigenvalue weighted by molar-refractivity contribution is 0.211. The molecule has 2 aliphatic heterocycles. The number of urea groups is 1. The van der Waals surface area contributed by atoms with E-state index in [1.165, 1.54) is 29.7 Å². The van der Waals surface area contributed by atoms with E-state index in [1.54, 1.807) is 0 Å². The average molecular weight is 345 g/mol. The smallest absolute Gasteiger partial charge is 0.323 e. The Morgan fingerprint density at radius 2 is 2.21 bits per heavy atom. The van der Waals surface area contributed by atoms with Crippen molar-refractivity contribution in [3.05, 3.63) is 29.8 Å². The molecule has 0 bridgehead atoms. The molecular weight excluding hydrogens is 326 g/mol. The van der Waals surface area contributed by atoms with Gasteiger partial charge in [0.25, 0.3) is 5.19 Å². The molecule has 2 aliphatic rings. The van der Waals surface area contributed by atoms with Crippen LogP contribution in [0.25, 0.3) is 0 Å². The quantitative estimate of drug-likeness (QED) is 0.904. The number of ether oxygens (including phenoxy) is 1. The fraction of sp³-hybridized carbons (Fsp3) is 0.438. The molecule has 2 aromatic rings. The summed E-state index contributed by atoms with van der Waals surface area (Å²) < 4.78 is 5.01. The Morgan fingerprint density at radius 3 is 3.04 bits per heavy atom. The average Bonchev–Trinajstić information content (AvgIpc) is 3.12. The highest BCUT2D eigenvalue weighted by molar-refractivity contribution is 7.17. The topological polar surface area (TPSA) is 70.6 Å². The van der Waals surface area contributed by atoms with Crippen LogP contribution in [-0.2, 0) is 6.42 Å². The van der Waals surface area contributed by atoms with E-state index in [4.69, 9.17) is 4.74 Å². The zero-order chi connectivity index (χ0) is 16.5. The number of carbonyl (C=O) groups excluding carboxylic acids is 1. The van der Waals surface area contributed by atoms with Gasteiger partial charge in [0.05, 0.1) is 13.2 Å². The van der Waals surface area contributed by atoms with E-state index in [1.807, 2.05) is 4.90 Å². The van der Waals surface area contributed by atoms with Gasteiger partial charge >= 0.3 is 6.03 Å². The van der Waals surface area contributed by atoms with Crippen LogP contribution in [0.4, 0.5) is 15.6 Å². The van der Waals surface area contributed by atoms with E-state index in [0.717, 1.165) is 32.5 Å². The lowest BCUT2D eigenvalue weighted by atomic mass is 10.1. The Labute approximate surface area is 144 Å². The van der Waals surface area contributed by atoms with Gasteiger partial charge in [0.1, 0.15) is 0 Å². The van der Waals surface area contributed by atoms with Crippen LogP contribution in [0, 0.1) is 0 Å². The van der Waals surface area contributed by atoms with Crippen LogP contribution >= 0.6 is 11.3 Å². The summed E-state index contributed by atoms with van der Waals surface area (Å²) >= 11 is 1.23. The zero-order valence-electron chi connectivity index (χ0n) is 13.4. The summed E-state index contributed by atoms with van der Waals surface area (Å²) in [6, 6.07) is 8.75. The third kappa shape index (κ3) is 2.77. The zero-order valence-corrected chi connectivity index (χ0v) is 14.3. The number of nitrogens with one attached hydrogen (secondary N) is 1. The van der Waals surface area contributed by atoms with Crippen molar-refractivity contribution in [2.45, 2.75) is 18.9 Å². The minimum atomic E-state index is -0.119. The van der Waals surface area contributed by atoms with Crippen molar-refractivity contribution in [1.82, 2.24) is 15.1 Å². The van der Waals surface area contributed by atoms with Crippen molar-refractivity contribution < 1.29 is 9.53 Å². The Bertz CT molecular complexity index is 750. The number of aromatic nitrogens is 2. The maximum absolute atomic E-state index is 12.6. The molecule has 4 rings (SSSR count). The number of amides is 2. The van der Waals surface area contributed by atoms with Crippen LogP contribution in [0.2, 0.25) is 0 Å². The summed E-state index contributed by atoms with van der Waals surface area (Å²) in [6.45, 7) is 2.45. The standard InChI is InChI=1S/C16H19N5O2S/c1-23-16-19-18-14(24-16)17-15(22)20-7-4-8-21-12(10-20)9-11-5-2-3-6-13(11)21/h2-3,5-6,12H,4,7-10H2,1H3,(H,17,18,22). The summed E-state index contributed by atoms with van der Waals surface area (Å²) in [5.74, 6) is 0. The molecule has 1 fully saturated rings.